The van der Waals surface area contributed by atoms with Crippen LogP contribution in [0.1, 0.15) is 52.8 Å². The topological polar surface area (TPSA) is 12.0 Å². The number of benzene rings is 6. The Morgan fingerprint density at radius 1 is 0.452 bits per heavy atom. The molecule has 3 aliphatic rings. The van der Waals surface area contributed by atoms with Gasteiger partial charge in [-0.05, 0) is 86.3 Å². The molecule has 6 aromatic rings. The molecule has 9 rings (SSSR count). The van der Waals surface area contributed by atoms with Gasteiger partial charge in [-0.15, -0.1) is 0 Å². The van der Waals surface area contributed by atoms with E-state index in [4.69, 9.17) is 0 Å². The van der Waals surface area contributed by atoms with Gasteiger partial charge < -0.3 is 5.32 Å². The minimum Gasteiger partial charge on any atom is -0.355 e. The summed E-state index contributed by atoms with van der Waals surface area (Å²) in [5.41, 5.74) is 19.5. The van der Waals surface area contributed by atoms with E-state index in [1.165, 1.54) is 72.3 Å². The van der Waals surface area contributed by atoms with Crippen molar-refractivity contribution in [3.63, 3.8) is 0 Å². The average Bonchev–Trinajstić information content (AvgIpc) is 3.57. The molecule has 200 valence electrons. The normalized spacial score (nSPS) is 15.4. The summed E-state index contributed by atoms with van der Waals surface area (Å²) in [7, 11) is 0. The fourth-order valence-electron chi connectivity index (χ4n) is 8.35. The number of nitrogens with one attached hydrogen (secondary N) is 1. The molecule has 0 radical (unpaired) electrons. The smallest absolute Gasteiger partial charge is 0.0726 e. The third-order valence-electron chi connectivity index (χ3n) is 10.1. The van der Waals surface area contributed by atoms with E-state index < -0.39 is 0 Å². The van der Waals surface area contributed by atoms with Crippen molar-refractivity contribution < 1.29 is 0 Å². The molecule has 0 atom stereocenters. The Balaban J connectivity index is 1.25. The fraction of sp³-hybridized carbons (Fsp3) is 0.122. The van der Waals surface area contributed by atoms with Crippen molar-refractivity contribution in [2.75, 3.05) is 5.32 Å². The Kier molecular flexibility index (Phi) is 4.59. The SMILES string of the molecule is Cc1ccc2c(c1)C(C)(C)c1ccc(Nc3cccc4c3-c3ccccc3C43c4ccccc4-c4ccccc43)cc1-2. The largest absolute Gasteiger partial charge is 0.355 e. The lowest BCUT2D eigenvalue weighted by atomic mass is 9.70. The highest BCUT2D eigenvalue weighted by atomic mass is 14.9. The molecule has 0 aromatic heterocycles. The maximum absolute atomic E-state index is 3.90. The third-order valence-corrected chi connectivity index (χ3v) is 10.1. The van der Waals surface area contributed by atoms with Crippen LogP contribution in [0.15, 0.2) is 127 Å². The van der Waals surface area contributed by atoms with Gasteiger partial charge in [0.25, 0.3) is 0 Å². The average molecular weight is 538 g/mol. The van der Waals surface area contributed by atoms with Gasteiger partial charge in [0.15, 0.2) is 0 Å². The van der Waals surface area contributed by atoms with E-state index in [1.807, 2.05) is 0 Å². The van der Waals surface area contributed by atoms with Crippen LogP contribution in [0.2, 0.25) is 0 Å². The van der Waals surface area contributed by atoms with Crippen molar-refractivity contribution in [1.82, 2.24) is 0 Å². The summed E-state index contributed by atoms with van der Waals surface area (Å²) < 4.78 is 0. The molecule has 0 bridgehead atoms. The maximum atomic E-state index is 3.90. The summed E-state index contributed by atoms with van der Waals surface area (Å²) in [5.74, 6) is 0. The van der Waals surface area contributed by atoms with Crippen molar-refractivity contribution in [2.45, 2.75) is 31.6 Å². The molecule has 0 saturated carbocycles. The summed E-state index contributed by atoms with van der Waals surface area (Å²) in [4.78, 5) is 0. The molecule has 3 aliphatic carbocycles. The van der Waals surface area contributed by atoms with Gasteiger partial charge in [0, 0.05) is 22.4 Å². The van der Waals surface area contributed by atoms with Crippen molar-refractivity contribution in [2.24, 2.45) is 0 Å². The first-order chi connectivity index (χ1) is 20.5. The summed E-state index contributed by atoms with van der Waals surface area (Å²) in [6, 6.07) is 47.7. The predicted molar refractivity (Wildman–Crippen MR) is 175 cm³/mol. The standard InChI is InChI=1S/C41H31N/c1-25-19-21-29-31-24-26(20-22-32(31)40(2,3)37(29)23-25)42-38-18-10-17-36-39(38)30-13-6-9-16-35(30)41(36)33-14-7-4-11-27(33)28-12-5-8-15-34(28)41/h4-24,42H,1-3H3. The molecular formula is C41H31N. The third kappa shape index (κ3) is 2.83. The number of anilines is 2. The zero-order chi connectivity index (χ0) is 28.2. The molecule has 1 heteroatoms. The van der Waals surface area contributed by atoms with Gasteiger partial charge in [-0.25, -0.2) is 0 Å². The van der Waals surface area contributed by atoms with Crippen LogP contribution >= 0.6 is 0 Å². The second-order valence-corrected chi connectivity index (χ2v) is 12.7. The minimum atomic E-state index is -0.324. The summed E-state index contributed by atoms with van der Waals surface area (Å²) >= 11 is 0. The molecule has 0 aliphatic heterocycles. The number of hydrogen-bond acceptors (Lipinski definition) is 1. The number of aryl methyl sites for hydroxylation is 1. The molecular weight excluding hydrogens is 506 g/mol. The van der Waals surface area contributed by atoms with Crippen LogP contribution in [0.3, 0.4) is 0 Å². The lowest BCUT2D eigenvalue weighted by Crippen LogP contribution is -2.25. The number of fused-ring (bicyclic) bond motifs is 13. The molecule has 0 fully saturated rings. The van der Waals surface area contributed by atoms with Gasteiger partial charge in [-0.2, -0.15) is 0 Å². The Bertz CT molecular complexity index is 2070. The summed E-state index contributed by atoms with van der Waals surface area (Å²) in [5, 5.41) is 3.90. The molecule has 1 N–H and O–H groups in total. The monoisotopic (exact) mass is 537 g/mol. The first-order valence-corrected chi connectivity index (χ1v) is 15.0. The highest BCUT2D eigenvalue weighted by molar-refractivity contribution is 5.99. The van der Waals surface area contributed by atoms with Crippen molar-refractivity contribution in [1.29, 1.82) is 0 Å². The Hall–Kier alpha value is -4.88. The second kappa shape index (κ2) is 8.11. The summed E-state index contributed by atoms with van der Waals surface area (Å²) in [6.45, 7) is 6.89. The fourth-order valence-corrected chi connectivity index (χ4v) is 8.35. The van der Waals surface area contributed by atoms with Crippen molar-refractivity contribution >= 4 is 11.4 Å². The molecule has 6 aromatic carbocycles. The second-order valence-electron chi connectivity index (χ2n) is 12.7. The molecule has 0 amide bonds. The van der Waals surface area contributed by atoms with Crippen LogP contribution in [0.25, 0.3) is 33.4 Å². The lowest BCUT2D eigenvalue weighted by molar-refractivity contribution is 0.660. The van der Waals surface area contributed by atoms with Crippen molar-refractivity contribution in [3.05, 3.63) is 166 Å². The zero-order valence-corrected chi connectivity index (χ0v) is 24.1. The highest BCUT2D eigenvalue weighted by Crippen LogP contribution is 2.64. The lowest BCUT2D eigenvalue weighted by Gasteiger charge is -2.30. The molecule has 1 spiro atoms. The summed E-state index contributed by atoms with van der Waals surface area (Å²) in [6.07, 6.45) is 0. The zero-order valence-electron chi connectivity index (χ0n) is 24.1. The van der Waals surface area contributed by atoms with Gasteiger partial charge >= 0.3 is 0 Å². The maximum Gasteiger partial charge on any atom is 0.0726 e. The number of rotatable bonds is 2. The van der Waals surface area contributed by atoms with Crippen molar-refractivity contribution in [3.8, 4) is 33.4 Å². The highest BCUT2D eigenvalue weighted by Gasteiger charge is 2.52. The van der Waals surface area contributed by atoms with Crippen LogP contribution in [0, 0.1) is 6.92 Å². The van der Waals surface area contributed by atoms with E-state index >= 15 is 0 Å². The van der Waals surface area contributed by atoms with Gasteiger partial charge in [0.05, 0.1) is 5.41 Å². The predicted octanol–water partition coefficient (Wildman–Crippen LogP) is 10.4. The Labute approximate surface area is 247 Å². The number of hydrogen-bond donors (Lipinski definition) is 1. The van der Waals surface area contributed by atoms with E-state index in [0.29, 0.717) is 0 Å². The Morgan fingerprint density at radius 2 is 1.05 bits per heavy atom. The van der Waals surface area contributed by atoms with E-state index in [2.05, 4.69) is 153 Å². The van der Waals surface area contributed by atoms with E-state index in [1.54, 1.807) is 0 Å². The molecule has 0 unspecified atom stereocenters. The van der Waals surface area contributed by atoms with Gasteiger partial charge in [0.1, 0.15) is 0 Å². The Morgan fingerprint density at radius 3 is 1.76 bits per heavy atom. The van der Waals surface area contributed by atoms with Crippen LogP contribution in [-0.2, 0) is 10.8 Å². The van der Waals surface area contributed by atoms with Gasteiger partial charge in [-0.3, -0.25) is 0 Å². The van der Waals surface area contributed by atoms with Crippen LogP contribution < -0.4 is 5.32 Å². The molecule has 0 heterocycles. The first-order valence-electron chi connectivity index (χ1n) is 15.0. The van der Waals surface area contributed by atoms with Crippen LogP contribution in [-0.4, -0.2) is 0 Å². The minimum absolute atomic E-state index is 0.00220. The van der Waals surface area contributed by atoms with Gasteiger partial charge in [0.2, 0.25) is 0 Å². The van der Waals surface area contributed by atoms with E-state index in [9.17, 15) is 0 Å². The van der Waals surface area contributed by atoms with Gasteiger partial charge in [-0.1, -0.05) is 129 Å². The van der Waals surface area contributed by atoms with Crippen LogP contribution in [0.5, 0.6) is 0 Å². The quantitative estimate of drug-likeness (QED) is 0.231. The first kappa shape index (κ1) is 23.8. The van der Waals surface area contributed by atoms with E-state index in [-0.39, 0.29) is 10.8 Å². The molecule has 42 heavy (non-hydrogen) atoms. The van der Waals surface area contributed by atoms with Crippen LogP contribution in [0.4, 0.5) is 11.4 Å². The van der Waals surface area contributed by atoms with E-state index in [0.717, 1.165) is 11.4 Å². The molecule has 1 nitrogen and oxygen atoms in total. The molecule has 0 saturated heterocycles.